The lowest BCUT2D eigenvalue weighted by molar-refractivity contribution is 0.0690. The van der Waals surface area contributed by atoms with Crippen molar-refractivity contribution in [2.75, 3.05) is 0 Å². The van der Waals surface area contributed by atoms with E-state index < -0.39 is 5.97 Å². The van der Waals surface area contributed by atoms with Gasteiger partial charge in [-0.2, -0.15) is 0 Å². The molecule has 0 aliphatic heterocycles. The number of carboxylic acid groups (broad SMARTS) is 1. The SMILES string of the molecule is O=C(O)c1cc(CSc2ncc[nH]2)ccn1. The van der Waals surface area contributed by atoms with E-state index in [1.165, 1.54) is 18.0 Å². The molecule has 5 nitrogen and oxygen atoms in total. The van der Waals surface area contributed by atoms with E-state index in [2.05, 4.69) is 15.0 Å². The molecule has 2 heterocycles. The number of hydrogen-bond donors (Lipinski definition) is 2. The van der Waals surface area contributed by atoms with E-state index >= 15 is 0 Å². The number of aromatic nitrogens is 3. The van der Waals surface area contributed by atoms with Crippen LogP contribution in [0.3, 0.4) is 0 Å². The van der Waals surface area contributed by atoms with Crippen molar-refractivity contribution in [3.63, 3.8) is 0 Å². The van der Waals surface area contributed by atoms with Crippen molar-refractivity contribution in [1.82, 2.24) is 15.0 Å². The van der Waals surface area contributed by atoms with Gasteiger partial charge in [0.1, 0.15) is 5.69 Å². The van der Waals surface area contributed by atoms with Gasteiger partial charge in [-0.1, -0.05) is 11.8 Å². The summed E-state index contributed by atoms with van der Waals surface area (Å²) in [6, 6.07) is 3.36. The van der Waals surface area contributed by atoms with E-state index in [-0.39, 0.29) is 5.69 Å². The van der Waals surface area contributed by atoms with Gasteiger partial charge in [-0.25, -0.2) is 14.8 Å². The lowest BCUT2D eigenvalue weighted by Gasteiger charge is -2.00. The molecule has 0 amide bonds. The molecule has 0 fully saturated rings. The van der Waals surface area contributed by atoms with Gasteiger partial charge in [0.2, 0.25) is 0 Å². The third-order valence-electron chi connectivity index (χ3n) is 1.89. The van der Waals surface area contributed by atoms with Crippen LogP contribution in [0.5, 0.6) is 0 Å². The van der Waals surface area contributed by atoms with Gasteiger partial charge in [0, 0.05) is 24.3 Å². The highest BCUT2D eigenvalue weighted by Gasteiger charge is 2.05. The number of pyridine rings is 1. The fraction of sp³-hybridized carbons (Fsp3) is 0.100. The Kier molecular flexibility index (Phi) is 3.21. The molecule has 0 bridgehead atoms. The first-order chi connectivity index (χ1) is 7.75. The predicted octanol–water partition coefficient (Wildman–Crippen LogP) is 1.80. The van der Waals surface area contributed by atoms with Crippen molar-refractivity contribution >= 4 is 17.7 Å². The Labute approximate surface area is 95.9 Å². The lowest BCUT2D eigenvalue weighted by atomic mass is 10.2. The Bertz CT molecular complexity index is 485. The van der Waals surface area contributed by atoms with Crippen LogP contribution in [0.4, 0.5) is 0 Å². The van der Waals surface area contributed by atoms with Gasteiger partial charge in [0.25, 0.3) is 0 Å². The molecule has 0 aromatic carbocycles. The molecular formula is C10H9N3O2S. The van der Waals surface area contributed by atoms with Crippen LogP contribution >= 0.6 is 11.8 Å². The lowest BCUT2D eigenvalue weighted by Crippen LogP contribution is -2.00. The van der Waals surface area contributed by atoms with Crippen LogP contribution in [-0.4, -0.2) is 26.0 Å². The molecule has 0 spiro atoms. The molecule has 0 aliphatic rings. The summed E-state index contributed by atoms with van der Waals surface area (Å²) in [5.41, 5.74) is 0.978. The number of H-pyrrole nitrogens is 1. The van der Waals surface area contributed by atoms with E-state index in [0.717, 1.165) is 10.7 Å². The number of aromatic amines is 1. The zero-order valence-electron chi connectivity index (χ0n) is 8.25. The Morgan fingerprint density at radius 3 is 3.00 bits per heavy atom. The van der Waals surface area contributed by atoms with Crippen molar-refractivity contribution in [1.29, 1.82) is 0 Å². The van der Waals surface area contributed by atoms with Crippen LogP contribution < -0.4 is 0 Å². The van der Waals surface area contributed by atoms with Gasteiger partial charge in [-0.15, -0.1) is 0 Å². The normalized spacial score (nSPS) is 10.2. The zero-order valence-corrected chi connectivity index (χ0v) is 9.07. The highest BCUT2D eigenvalue weighted by Crippen LogP contribution is 2.18. The Hall–Kier alpha value is -1.82. The molecule has 0 unspecified atom stereocenters. The standard InChI is InChI=1S/C10H9N3O2S/c14-9(15)8-5-7(1-2-11-8)6-16-10-12-3-4-13-10/h1-5H,6H2,(H,12,13)(H,14,15). The van der Waals surface area contributed by atoms with Crippen LogP contribution in [0.15, 0.2) is 35.9 Å². The number of hydrogen-bond acceptors (Lipinski definition) is 4. The van der Waals surface area contributed by atoms with E-state index in [4.69, 9.17) is 5.11 Å². The van der Waals surface area contributed by atoms with Gasteiger partial charge in [-0.05, 0) is 17.7 Å². The minimum absolute atomic E-state index is 0.0672. The fourth-order valence-electron chi connectivity index (χ4n) is 1.16. The first-order valence-electron chi connectivity index (χ1n) is 4.56. The van der Waals surface area contributed by atoms with Crippen LogP contribution in [0.2, 0.25) is 0 Å². The van der Waals surface area contributed by atoms with E-state index in [1.54, 1.807) is 24.5 Å². The van der Waals surface area contributed by atoms with Gasteiger partial charge >= 0.3 is 5.97 Å². The van der Waals surface area contributed by atoms with Gasteiger partial charge in [-0.3, -0.25) is 0 Å². The Balaban J connectivity index is 2.04. The minimum atomic E-state index is -1.01. The average molecular weight is 235 g/mol. The number of imidazole rings is 1. The van der Waals surface area contributed by atoms with Crippen molar-refractivity contribution in [3.8, 4) is 0 Å². The maximum atomic E-state index is 10.7. The first kappa shape index (κ1) is 10.7. The van der Waals surface area contributed by atoms with Crippen LogP contribution in [-0.2, 0) is 5.75 Å². The number of carboxylic acids is 1. The number of nitrogens with zero attached hydrogens (tertiary/aromatic N) is 2. The van der Waals surface area contributed by atoms with E-state index in [1.807, 2.05) is 0 Å². The molecule has 6 heteroatoms. The first-order valence-corrected chi connectivity index (χ1v) is 5.54. The molecule has 82 valence electrons. The van der Waals surface area contributed by atoms with Crippen molar-refractivity contribution in [2.24, 2.45) is 0 Å². The summed E-state index contributed by atoms with van der Waals surface area (Å²) in [5.74, 6) is -0.346. The van der Waals surface area contributed by atoms with Gasteiger partial charge in [0.15, 0.2) is 5.16 Å². The summed E-state index contributed by atoms with van der Waals surface area (Å²) in [4.78, 5) is 21.5. The van der Waals surface area contributed by atoms with Gasteiger partial charge < -0.3 is 10.1 Å². The highest BCUT2D eigenvalue weighted by molar-refractivity contribution is 7.98. The molecule has 2 rings (SSSR count). The molecule has 2 N–H and O–H groups in total. The molecule has 2 aromatic heterocycles. The molecule has 2 aromatic rings. The molecule has 0 radical (unpaired) electrons. The number of thioether (sulfide) groups is 1. The summed E-state index contributed by atoms with van der Waals surface area (Å²) in [6.45, 7) is 0. The monoisotopic (exact) mass is 235 g/mol. The quantitative estimate of drug-likeness (QED) is 0.790. The average Bonchev–Trinajstić information content (AvgIpc) is 2.79. The Morgan fingerprint density at radius 1 is 1.44 bits per heavy atom. The number of carbonyl (C=O) groups is 1. The molecule has 0 saturated carbocycles. The second-order valence-corrected chi connectivity index (χ2v) is 4.00. The third kappa shape index (κ3) is 2.60. The molecular weight excluding hydrogens is 226 g/mol. The highest BCUT2D eigenvalue weighted by atomic mass is 32.2. The molecule has 0 saturated heterocycles. The predicted molar refractivity (Wildman–Crippen MR) is 59.3 cm³/mol. The third-order valence-corrected chi connectivity index (χ3v) is 2.87. The van der Waals surface area contributed by atoms with Gasteiger partial charge in [0.05, 0.1) is 0 Å². The largest absolute Gasteiger partial charge is 0.477 e. The van der Waals surface area contributed by atoms with Crippen LogP contribution in [0.1, 0.15) is 16.1 Å². The molecule has 16 heavy (non-hydrogen) atoms. The number of rotatable bonds is 4. The summed E-state index contributed by atoms with van der Waals surface area (Å²) in [7, 11) is 0. The van der Waals surface area contributed by atoms with Crippen molar-refractivity contribution in [2.45, 2.75) is 10.9 Å². The molecule has 0 aliphatic carbocycles. The summed E-state index contributed by atoms with van der Waals surface area (Å²) >= 11 is 1.51. The van der Waals surface area contributed by atoms with E-state index in [9.17, 15) is 4.79 Å². The maximum absolute atomic E-state index is 10.7. The zero-order chi connectivity index (χ0) is 11.4. The number of aromatic carboxylic acids is 1. The van der Waals surface area contributed by atoms with Crippen molar-refractivity contribution in [3.05, 3.63) is 42.0 Å². The number of nitrogens with one attached hydrogen (secondary N) is 1. The Morgan fingerprint density at radius 2 is 2.31 bits per heavy atom. The minimum Gasteiger partial charge on any atom is -0.477 e. The smallest absolute Gasteiger partial charge is 0.354 e. The maximum Gasteiger partial charge on any atom is 0.354 e. The van der Waals surface area contributed by atoms with E-state index in [0.29, 0.717) is 5.75 Å². The molecule has 0 atom stereocenters. The summed E-state index contributed by atoms with van der Waals surface area (Å²) in [6.07, 6.45) is 4.93. The van der Waals surface area contributed by atoms with Crippen LogP contribution in [0.25, 0.3) is 0 Å². The van der Waals surface area contributed by atoms with Crippen molar-refractivity contribution < 1.29 is 9.90 Å². The summed E-state index contributed by atoms with van der Waals surface area (Å²) in [5, 5.41) is 9.59. The second kappa shape index (κ2) is 4.80. The topological polar surface area (TPSA) is 78.9 Å². The summed E-state index contributed by atoms with van der Waals surface area (Å²) < 4.78 is 0. The van der Waals surface area contributed by atoms with Crippen LogP contribution in [0, 0.1) is 0 Å². The fourth-order valence-corrected chi connectivity index (χ4v) is 1.93. The second-order valence-electron chi connectivity index (χ2n) is 3.04.